The number of anilines is 3. The first-order valence-corrected chi connectivity index (χ1v) is 10.1. The molecule has 1 heterocycles. The van der Waals surface area contributed by atoms with Gasteiger partial charge in [-0.05, 0) is 36.6 Å². The van der Waals surface area contributed by atoms with Crippen LogP contribution in [0.3, 0.4) is 0 Å². The second kappa shape index (κ2) is 9.56. The number of rotatable bonds is 8. The Morgan fingerprint density at radius 3 is 2.61 bits per heavy atom. The van der Waals surface area contributed by atoms with E-state index in [1.807, 2.05) is 30.5 Å². The number of hydrogen-bond acceptors (Lipinski definition) is 7. The van der Waals surface area contributed by atoms with Gasteiger partial charge in [0.25, 0.3) is 0 Å². The normalized spacial score (nSPS) is 11.1. The predicted octanol–water partition coefficient (Wildman–Crippen LogP) is 5.00. The number of carboxylic acid groups (broad SMARTS) is 1. The molecule has 0 aliphatic carbocycles. The lowest BCUT2D eigenvalue weighted by Crippen LogP contribution is -2.17. The Kier molecular flexibility index (Phi) is 6.85. The average molecular weight is 450 g/mol. The van der Waals surface area contributed by atoms with Gasteiger partial charge in [-0.1, -0.05) is 18.2 Å². The number of nitrogens with zero attached hydrogens (tertiary/aromatic N) is 2. The molecule has 0 spiro atoms. The van der Waals surface area contributed by atoms with Crippen molar-refractivity contribution in [2.24, 2.45) is 0 Å². The van der Waals surface area contributed by atoms with Crippen LogP contribution >= 0.6 is 11.8 Å². The fourth-order valence-electron chi connectivity index (χ4n) is 2.59. The molecular weight excluding hydrogens is 433 g/mol. The molecule has 11 heteroatoms. The van der Waals surface area contributed by atoms with Gasteiger partial charge < -0.3 is 20.5 Å². The SMILES string of the molecule is CSc1cccc(Nc2cc(-c3cccc(OC(F)(F)F)c3)nc(NCC(=O)O)n2)c1. The first kappa shape index (κ1) is 22.2. The number of thioether (sulfide) groups is 1. The molecule has 0 bridgehead atoms. The van der Waals surface area contributed by atoms with Crippen molar-refractivity contribution in [2.75, 3.05) is 23.4 Å². The molecule has 3 aromatic rings. The zero-order valence-electron chi connectivity index (χ0n) is 16.1. The van der Waals surface area contributed by atoms with Gasteiger partial charge in [0.2, 0.25) is 5.95 Å². The highest BCUT2D eigenvalue weighted by atomic mass is 32.2. The minimum Gasteiger partial charge on any atom is -0.480 e. The Bertz CT molecular complexity index is 1080. The summed E-state index contributed by atoms with van der Waals surface area (Å²) in [6.07, 6.45) is -2.89. The number of ether oxygens (including phenoxy) is 1. The topological polar surface area (TPSA) is 96.4 Å². The molecule has 0 atom stereocenters. The molecule has 2 aromatic carbocycles. The molecule has 0 amide bonds. The lowest BCUT2D eigenvalue weighted by atomic mass is 10.1. The Balaban J connectivity index is 1.97. The Morgan fingerprint density at radius 1 is 1.13 bits per heavy atom. The average Bonchev–Trinajstić information content (AvgIpc) is 2.71. The molecule has 0 saturated carbocycles. The molecule has 0 saturated heterocycles. The second-order valence-electron chi connectivity index (χ2n) is 6.14. The van der Waals surface area contributed by atoms with Gasteiger partial charge in [0.15, 0.2) is 0 Å². The standard InChI is InChI=1S/C20H17F3N4O3S/c1-31-15-7-3-5-13(9-15)25-17-10-16(26-19(27-17)24-11-18(28)29)12-4-2-6-14(8-12)30-20(21,22)23/h2-10H,11H2,1H3,(H,28,29)(H2,24,25,26,27). The van der Waals surface area contributed by atoms with Crippen molar-refractivity contribution < 1.29 is 27.8 Å². The molecule has 162 valence electrons. The second-order valence-corrected chi connectivity index (χ2v) is 7.02. The number of aliphatic carboxylic acids is 1. The summed E-state index contributed by atoms with van der Waals surface area (Å²) in [5.41, 5.74) is 1.34. The Hall–Kier alpha value is -3.47. The monoisotopic (exact) mass is 450 g/mol. The van der Waals surface area contributed by atoms with Crippen LogP contribution in [0.5, 0.6) is 5.75 Å². The number of carbonyl (C=O) groups is 1. The van der Waals surface area contributed by atoms with Crippen LogP contribution in [0.4, 0.5) is 30.6 Å². The van der Waals surface area contributed by atoms with E-state index < -0.39 is 24.6 Å². The number of benzene rings is 2. The molecule has 1 aromatic heterocycles. The van der Waals surface area contributed by atoms with E-state index in [0.717, 1.165) is 10.6 Å². The van der Waals surface area contributed by atoms with Crippen LogP contribution in [0, 0.1) is 0 Å². The van der Waals surface area contributed by atoms with E-state index >= 15 is 0 Å². The van der Waals surface area contributed by atoms with Gasteiger partial charge in [-0.2, -0.15) is 4.98 Å². The Morgan fingerprint density at radius 2 is 1.90 bits per heavy atom. The summed E-state index contributed by atoms with van der Waals surface area (Å²) in [7, 11) is 0. The summed E-state index contributed by atoms with van der Waals surface area (Å²) in [4.78, 5) is 20.4. The first-order chi connectivity index (χ1) is 14.7. The summed E-state index contributed by atoms with van der Waals surface area (Å²) >= 11 is 1.56. The van der Waals surface area contributed by atoms with Gasteiger partial charge in [-0.3, -0.25) is 4.79 Å². The highest BCUT2D eigenvalue weighted by Gasteiger charge is 2.31. The van der Waals surface area contributed by atoms with Crippen molar-refractivity contribution in [3.8, 4) is 17.0 Å². The van der Waals surface area contributed by atoms with Gasteiger partial charge in [0.1, 0.15) is 18.1 Å². The maximum absolute atomic E-state index is 12.6. The van der Waals surface area contributed by atoms with Crippen molar-refractivity contribution in [3.05, 3.63) is 54.6 Å². The van der Waals surface area contributed by atoms with E-state index in [0.29, 0.717) is 11.4 Å². The van der Waals surface area contributed by atoms with Crippen molar-refractivity contribution >= 4 is 35.2 Å². The third-order valence-electron chi connectivity index (χ3n) is 3.83. The molecular formula is C20H17F3N4O3S. The smallest absolute Gasteiger partial charge is 0.480 e. The molecule has 31 heavy (non-hydrogen) atoms. The van der Waals surface area contributed by atoms with Crippen LogP contribution in [0.2, 0.25) is 0 Å². The van der Waals surface area contributed by atoms with Crippen LogP contribution < -0.4 is 15.4 Å². The van der Waals surface area contributed by atoms with Crippen LogP contribution in [-0.4, -0.2) is 40.2 Å². The first-order valence-electron chi connectivity index (χ1n) is 8.84. The van der Waals surface area contributed by atoms with E-state index in [2.05, 4.69) is 25.3 Å². The number of hydrogen-bond donors (Lipinski definition) is 3. The van der Waals surface area contributed by atoms with Crippen LogP contribution in [0.1, 0.15) is 0 Å². The summed E-state index contributed by atoms with van der Waals surface area (Å²) < 4.78 is 41.6. The molecule has 0 aliphatic rings. The largest absolute Gasteiger partial charge is 0.573 e. The molecule has 3 rings (SSSR count). The van der Waals surface area contributed by atoms with E-state index in [9.17, 15) is 18.0 Å². The van der Waals surface area contributed by atoms with Gasteiger partial charge in [0.05, 0.1) is 5.69 Å². The maximum atomic E-state index is 12.6. The number of carboxylic acids is 1. The minimum absolute atomic E-state index is 0.00515. The van der Waals surface area contributed by atoms with Gasteiger partial charge >= 0.3 is 12.3 Å². The van der Waals surface area contributed by atoms with Crippen LogP contribution in [0.15, 0.2) is 59.5 Å². The van der Waals surface area contributed by atoms with Crippen LogP contribution in [0.25, 0.3) is 11.3 Å². The fourth-order valence-corrected chi connectivity index (χ4v) is 3.05. The minimum atomic E-state index is -4.83. The molecule has 0 radical (unpaired) electrons. The highest BCUT2D eigenvalue weighted by Crippen LogP contribution is 2.29. The van der Waals surface area contributed by atoms with E-state index in [1.54, 1.807) is 23.9 Å². The van der Waals surface area contributed by atoms with E-state index in [1.165, 1.54) is 18.2 Å². The number of halogens is 3. The van der Waals surface area contributed by atoms with Gasteiger partial charge in [0, 0.05) is 22.2 Å². The number of nitrogens with one attached hydrogen (secondary N) is 2. The molecule has 0 aliphatic heterocycles. The third-order valence-corrected chi connectivity index (χ3v) is 4.55. The number of aromatic nitrogens is 2. The zero-order valence-corrected chi connectivity index (χ0v) is 16.9. The van der Waals surface area contributed by atoms with Gasteiger partial charge in [-0.25, -0.2) is 4.98 Å². The van der Waals surface area contributed by atoms with Crippen molar-refractivity contribution in [1.82, 2.24) is 9.97 Å². The predicted molar refractivity (Wildman–Crippen MR) is 112 cm³/mol. The summed E-state index contributed by atoms with van der Waals surface area (Å²) in [5.74, 6) is -1.17. The zero-order chi connectivity index (χ0) is 22.4. The van der Waals surface area contributed by atoms with Crippen LogP contribution in [-0.2, 0) is 4.79 Å². The molecule has 3 N–H and O–H groups in total. The van der Waals surface area contributed by atoms with Gasteiger partial charge in [-0.15, -0.1) is 24.9 Å². The summed E-state index contributed by atoms with van der Waals surface area (Å²) in [6, 6.07) is 14.4. The molecule has 0 unspecified atom stereocenters. The Labute approximate surface area is 179 Å². The quantitative estimate of drug-likeness (QED) is 0.413. The lowest BCUT2D eigenvalue weighted by molar-refractivity contribution is -0.274. The number of alkyl halides is 3. The maximum Gasteiger partial charge on any atom is 0.573 e. The van der Waals surface area contributed by atoms with Crippen molar-refractivity contribution in [2.45, 2.75) is 11.3 Å². The molecule has 0 fully saturated rings. The summed E-state index contributed by atoms with van der Waals surface area (Å²) in [6.45, 7) is -0.428. The highest BCUT2D eigenvalue weighted by molar-refractivity contribution is 7.98. The molecule has 7 nitrogen and oxygen atoms in total. The third kappa shape index (κ3) is 6.78. The van der Waals surface area contributed by atoms with E-state index in [4.69, 9.17) is 5.11 Å². The fraction of sp³-hybridized carbons (Fsp3) is 0.150. The van der Waals surface area contributed by atoms with Crippen molar-refractivity contribution in [3.63, 3.8) is 0 Å². The summed E-state index contributed by atoms with van der Waals surface area (Å²) in [5, 5.41) is 14.6. The van der Waals surface area contributed by atoms with Crippen molar-refractivity contribution in [1.29, 1.82) is 0 Å². The van der Waals surface area contributed by atoms with E-state index in [-0.39, 0.29) is 11.6 Å². The lowest BCUT2D eigenvalue weighted by Gasteiger charge is -2.13.